The van der Waals surface area contributed by atoms with Crippen molar-refractivity contribution in [3.05, 3.63) is 77.9 Å². The van der Waals surface area contributed by atoms with Gasteiger partial charge in [0.25, 0.3) is 0 Å². The summed E-state index contributed by atoms with van der Waals surface area (Å²) in [7, 11) is -8.36. The molecule has 0 saturated heterocycles. The molecule has 1 aliphatic rings. The van der Waals surface area contributed by atoms with Crippen LogP contribution in [0.4, 0.5) is 0 Å². The van der Waals surface area contributed by atoms with Crippen molar-refractivity contribution in [3.63, 3.8) is 0 Å². The van der Waals surface area contributed by atoms with E-state index in [2.05, 4.69) is 4.72 Å². The molecule has 3 rings (SSSR count). The third-order valence-electron chi connectivity index (χ3n) is 5.37. The highest BCUT2D eigenvalue weighted by molar-refractivity contribution is 7.90. The fourth-order valence-electron chi connectivity index (χ4n) is 3.55. The molecule has 0 aliphatic heterocycles. The van der Waals surface area contributed by atoms with E-state index in [1.807, 2.05) is 13.8 Å². The van der Waals surface area contributed by atoms with Gasteiger partial charge in [-0.15, -0.1) is 0 Å². The monoisotopic (exact) mass is 491 g/mol. The van der Waals surface area contributed by atoms with E-state index in [1.54, 1.807) is 42.5 Å². The molecule has 0 heterocycles. The molecule has 1 atom stereocenters. The van der Waals surface area contributed by atoms with E-state index in [9.17, 15) is 17.8 Å². The minimum absolute atomic E-state index is 0.000762. The molecule has 2 aromatic rings. The molecule has 7 nitrogen and oxygen atoms in total. The highest BCUT2D eigenvalue weighted by atomic mass is 32.2. The van der Waals surface area contributed by atoms with Crippen LogP contribution in [0, 0.1) is 0 Å². The van der Waals surface area contributed by atoms with Crippen molar-refractivity contribution in [1.82, 2.24) is 4.72 Å². The summed E-state index contributed by atoms with van der Waals surface area (Å²) in [5.41, 5.74) is 0.488. The topological polar surface area (TPSA) is 98.8 Å². The molecule has 178 valence electrons. The zero-order valence-electron chi connectivity index (χ0n) is 18.9. The molecule has 0 saturated carbocycles. The summed E-state index contributed by atoms with van der Waals surface area (Å²) in [6, 6.07) is 14.3. The van der Waals surface area contributed by atoms with Gasteiger partial charge in [-0.1, -0.05) is 69.2 Å². The third-order valence-corrected chi connectivity index (χ3v) is 9.42. The van der Waals surface area contributed by atoms with Crippen LogP contribution < -0.4 is 4.72 Å². The van der Waals surface area contributed by atoms with E-state index in [-0.39, 0.29) is 35.0 Å². The number of carbonyl (C=O) groups is 1. The summed E-state index contributed by atoms with van der Waals surface area (Å²) in [4.78, 5) is 12.6. The maximum atomic E-state index is 14.5. The number of benzene rings is 2. The van der Waals surface area contributed by atoms with Crippen molar-refractivity contribution in [3.8, 4) is 0 Å². The van der Waals surface area contributed by atoms with Gasteiger partial charge in [-0.2, -0.15) is 4.72 Å². The van der Waals surface area contributed by atoms with Crippen LogP contribution in [0.3, 0.4) is 0 Å². The first-order valence-corrected chi connectivity index (χ1v) is 14.1. The average Bonchev–Trinajstić information content (AvgIpc) is 2.82. The second-order valence-electron chi connectivity index (χ2n) is 7.80. The van der Waals surface area contributed by atoms with Crippen molar-refractivity contribution >= 4 is 23.4 Å². The quantitative estimate of drug-likeness (QED) is 0.315. The van der Waals surface area contributed by atoms with Gasteiger partial charge in [0.1, 0.15) is 0 Å². The predicted molar refractivity (Wildman–Crippen MR) is 128 cm³/mol. The van der Waals surface area contributed by atoms with Crippen LogP contribution in [-0.4, -0.2) is 27.4 Å². The van der Waals surface area contributed by atoms with Crippen molar-refractivity contribution in [1.29, 1.82) is 0 Å². The van der Waals surface area contributed by atoms with Crippen LogP contribution in [0.15, 0.2) is 71.6 Å². The van der Waals surface area contributed by atoms with E-state index in [1.165, 1.54) is 24.3 Å². The van der Waals surface area contributed by atoms with E-state index in [0.29, 0.717) is 12.8 Å². The zero-order chi connectivity index (χ0) is 24.0. The van der Waals surface area contributed by atoms with Gasteiger partial charge in [-0.25, -0.2) is 8.42 Å². The molecular weight excluding hydrogens is 461 g/mol. The predicted octanol–water partition coefficient (Wildman–Crippen LogP) is 5.40. The van der Waals surface area contributed by atoms with Crippen molar-refractivity contribution < 1.29 is 26.8 Å². The number of allylic oxidation sites excluding steroid dienone is 1. The van der Waals surface area contributed by atoms with Crippen molar-refractivity contribution in [2.45, 2.75) is 49.7 Å². The Balaban J connectivity index is 2.21. The van der Waals surface area contributed by atoms with Gasteiger partial charge in [-0.3, -0.25) is 9.36 Å². The number of nitrogens with one attached hydrogen (secondary N) is 1. The summed E-state index contributed by atoms with van der Waals surface area (Å²) < 4.78 is 55.7. The minimum atomic E-state index is -4.19. The molecular formula is C24H30NO6PS. The number of ketones is 1. The van der Waals surface area contributed by atoms with E-state index < -0.39 is 22.9 Å². The number of unbranched alkanes of at least 4 members (excludes halogenated alkanes) is 2. The van der Waals surface area contributed by atoms with Gasteiger partial charge >= 0.3 is 7.60 Å². The zero-order valence-corrected chi connectivity index (χ0v) is 20.6. The Labute approximate surface area is 195 Å². The molecule has 9 heteroatoms. The lowest BCUT2D eigenvalue weighted by atomic mass is 9.92. The second kappa shape index (κ2) is 10.9. The first kappa shape index (κ1) is 25.5. The summed E-state index contributed by atoms with van der Waals surface area (Å²) in [5, 5.41) is -1.90. The van der Waals surface area contributed by atoms with E-state index >= 15 is 0 Å². The van der Waals surface area contributed by atoms with Gasteiger partial charge in [0.2, 0.25) is 10.0 Å². The number of fused-ring (bicyclic) bond motifs is 1. The largest absolute Gasteiger partial charge is 0.360 e. The van der Waals surface area contributed by atoms with Crippen LogP contribution in [0.5, 0.6) is 0 Å². The molecule has 1 N–H and O–H groups in total. The number of sulfonamides is 1. The lowest BCUT2D eigenvalue weighted by Crippen LogP contribution is -2.47. The molecule has 0 amide bonds. The maximum absolute atomic E-state index is 14.5. The molecule has 0 fully saturated rings. The molecule has 0 unspecified atom stereocenters. The number of rotatable bonds is 12. The molecule has 1 aliphatic carbocycles. The SMILES string of the molecule is CCCCOP(=O)(OCCCC)[C@@]1(NS(=O)(=O)c2ccccc2)C=CC(=O)c2ccccc21. The molecule has 0 radical (unpaired) electrons. The number of carbonyl (C=O) groups excluding carboxylic acids is 1. The second-order valence-corrected chi connectivity index (χ2v) is 11.7. The molecule has 2 aromatic carbocycles. The van der Waals surface area contributed by atoms with Crippen LogP contribution in [0.25, 0.3) is 0 Å². The van der Waals surface area contributed by atoms with Crippen LogP contribution >= 0.6 is 7.60 Å². The first-order chi connectivity index (χ1) is 15.8. The van der Waals surface area contributed by atoms with E-state index in [4.69, 9.17) is 9.05 Å². The van der Waals surface area contributed by atoms with Crippen LogP contribution in [0.2, 0.25) is 0 Å². The van der Waals surface area contributed by atoms with Gasteiger partial charge in [0.15, 0.2) is 11.1 Å². The van der Waals surface area contributed by atoms with Crippen molar-refractivity contribution in [2.75, 3.05) is 13.2 Å². The molecule has 0 spiro atoms. The minimum Gasteiger partial charge on any atom is -0.307 e. The Morgan fingerprint density at radius 2 is 1.48 bits per heavy atom. The standard InChI is InChI=1S/C24H30NO6PS/c1-3-5-18-30-32(27,31-19-6-4-2)24(25-33(28,29)20-12-8-7-9-13-20)17-16-23(26)21-14-10-11-15-22(21)24/h7-17,25H,3-6,18-19H2,1-2H3/t24-/m0/s1. The van der Waals surface area contributed by atoms with Gasteiger partial charge < -0.3 is 9.05 Å². The fraction of sp³-hybridized carbons (Fsp3) is 0.375. The fourth-order valence-corrected chi connectivity index (χ4v) is 7.55. The van der Waals surface area contributed by atoms with E-state index in [0.717, 1.165) is 12.8 Å². The van der Waals surface area contributed by atoms with Gasteiger partial charge in [0, 0.05) is 11.1 Å². The normalized spacial score (nSPS) is 18.3. The summed E-state index contributed by atoms with van der Waals surface area (Å²) in [6.45, 7) is 4.18. The lowest BCUT2D eigenvalue weighted by molar-refractivity contribution is 0.104. The third kappa shape index (κ3) is 5.36. The Hall–Kier alpha value is -2.09. The number of hydrogen-bond acceptors (Lipinski definition) is 6. The molecule has 0 aromatic heterocycles. The highest BCUT2D eigenvalue weighted by Crippen LogP contribution is 2.66. The Kier molecular flexibility index (Phi) is 8.43. The van der Waals surface area contributed by atoms with Crippen LogP contribution in [-0.2, 0) is 28.9 Å². The number of hydrogen-bond donors (Lipinski definition) is 1. The van der Waals surface area contributed by atoms with Crippen molar-refractivity contribution in [2.24, 2.45) is 0 Å². The molecule has 33 heavy (non-hydrogen) atoms. The highest BCUT2D eigenvalue weighted by Gasteiger charge is 2.56. The first-order valence-electron chi connectivity index (χ1n) is 11.1. The van der Waals surface area contributed by atoms with Gasteiger partial charge in [-0.05, 0) is 37.1 Å². The smallest absolute Gasteiger partial charge is 0.307 e. The maximum Gasteiger partial charge on any atom is 0.360 e. The Bertz CT molecular complexity index is 1130. The summed E-state index contributed by atoms with van der Waals surface area (Å²) in [5.74, 6) is -0.311. The Morgan fingerprint density at radius 1 is 0.909 bits per heavy atom. The van der Waals surface area contributed by atoms with Gasteiger partial charge in [0.05, 0.1) is 18.1 Å². The van der Waals surface area contributed by atoms with Crippen LogP contribution in [0.1, 0.15) is 55.5 Å². The Morgan fingerprint density at radius 3 is 2.09 bits per heavy atom. The lowest BCUT2D eigenvalue weighted by Gasteiger charge is -2.40. The summed E-state index contributed by atoms with van der Waals surface area (Å²) in [6.07, 6.45) is 5.37. The molecule has 0 bridgehead atoms. The average molecular weight is 492 g/mol. The summed E-state index contributed by atoms with van der Waals surface area (Å²) >= 11 is 0.